The van der Waals surface area contributed by atoms with Crippen LogP contribution in [-0.2, 0) is 16.0 Å². The molecule has 4 heteroatoms. The number of carbonyl (C=O) groups excluding carboxylic acids is 1. The molecule has 0 aliphatic rings. The number of aromatic amines is 1. The van der Waals surface area contributed by atoms with Crippen molar-refractivity contribution >= 4 is 28.5 Å². The lowest BCUT2D eigenvalue weighted by atomic mass is 10.0. The number of hydrogen-bond acceptors (Lipinski definition) is 2. The molecule has 24 heavy (non-hydrogen) atoms. The van der Waals surface area contributed by atoms with E-state index >= 15 is 0 Å². The van der Waals surface area contributed by atoms with Gasteiger partial charge < -0.3 is 9.72 Å². The Balaban J connectivity index is 2.05. The fraction of sp³-hybridized carbons (Fsp3) is 0.250. The molecule has 1 heterocycles. The summed E-state index contributed by atoms with van der Waals surface area (Å²) in [5.41, 5.74) is 5.48. The van der Waals surface area contributed by atoms with Gasteiger partial charge in [-0.1, -0.05) is 41.4 Å². The molecule has 0 bridgehead atoms. The molecule has 0 saturated heterocycles. The van der Waals surface area contributed by atoms with E-state index in [0.29, 0.717) is 24.5 Å². The van der Waals surface area contributed by atoms with Gasteiger partial charge in [0.2, 0.25) is 0 Å². The number of halogens is 1. The van der Waals surface area contributed by atoms with Crippen LogP contribution >= 0.6 is 11.6 Å². The number of ether oxygens (including phenoxy) is 1. The van der Waals surface area contributed by atoms with Gasteiger partial charge in [-0.2, -0.15) is 0 Å². The van der Waals surface area contributed by atoms with Crippen molar-refractivity contribution in [3.05, 3.63) is 58.6 Å². The minimum atomic E-state index is -0.177. The Hall–Kier alpha value is -2.26. The van der Waals surface area contributed by atoms with Crippen LogP contribution in [0.3, 0.4) is 0 Å². The lowest BCUT2D eigenvalue weighted by Crippen LogP contribution is -2.05. The number of aryl methyl sites for hydroxylation is 2. The van der Waals surface area contributed by atoms with E-state index in [9.17, 15) is 4.79 Å². The van der Waals surface area contributed by atoms with Gasteiger partial charge in [-0.3, -0.25) is 4.79 Å². The van der Waals surface area contributed by atoms with E-state index in [-0.39, 0.29) is 5.97 Å². The van der Waals surface area contributed by atoms with Crippen LogP contribution < -0.4 is 0 Å². The Bertz CT molecular complexity index is 865. The van der Waals surface area contributed by atoms with Gasteiger partial charge in [0, 0.05) is 28.0 Å². The third-order valence-corrected chi connectivity index (χ3v) is 4.33. The normalized spacial score (nSPS) is 11.0. The zero-order valence-electron chi connectivity index (χ0n) is 13.9. The third kappa shape index (κ3) is 3.46. The van der Waals surface area contributed by atoms with E-state index in [1.54, 1.807) is 0 Å². The van der Waals surface area contributed by atoms with Crippen molar-refractivity contribution in [3.63, 3.8) is 0 Å². The minimum absolute atomic E-state index is 0.177. The molecule has 3 nitrogen and oxygen atoms in total. The van der Waals surface area contributed by atoms with Crippen LogP contribution in [0.15, 0.2) is 42.5 Å². The summed E-state index contributed by atoms with van der Waals surface area (Å²) in [6.45, 7) is 4.29. The number of carbonyl (C=O) groups is 1. The predicted octanol–water partition coefficient (Wildman–Crippen LogP) is 5.29. The molecular weight excluding hydrogens is 322 g/mol. The molecule has 0 atom stereocenters. The van der Waals surface area contributed by atoms with Crippen LogP contribution in [0.4, 0.5) is 0 Å². The Kier molecular flexibility index (Phi) is 4.91. The first-order chi connectivity index (χ1) is 11.6. The second-order valence-corrected chi connectivity index (χ2v) is 6.28. The zero-order valence-corrected chi connectivity index (χ0v) is 14.6. The first-order valence-corrected chi connectivity index (χ1v) is 8.49. The molecule has 2 aromatic carbocycles. The number of fused-ring (bicyclic) bond motifs is 1. The van der Waals surface area contributed by atoms with Gasteiger partial charge in [0.15, 0.2) is 0 Å². The fourth-order valence-corrected chi connectivity index (χ4v) is 3.08. The summed E-state index contributed by atoms with van der Waals surface area (Å²) in [7, 11) is 0. The molecule has 0 fully saturated rings. The SMILES string of the molecule is CCOC(=O)CCc1c(-c2ccc(C)cc2)[nH]c2ccc(Cl)cc12. The maximum Gasteiger partial charge on any atom is 0.306 e. The molecule has 0 aliphatic heterocycles. The highest BCUT2D eigenvalue weighted by Gasteiger charge is 2.15. The lowest BCUT2D eigenvalue weighted by Gasteiger charge is -2.06. The molecule has 0 aliphatic carbocycles. The summed E-state index contributed by atoms with van der Waals surface area (Å²) >= 11 is 6.17. The van der Waals surface area contributed by atoms with E-state index in [2.05, 4.69) is 36.2 Å². The van der Waals surface area contributed by atoms with Crippen molar-refractivity contribution in [2.45, 2.75) is 26.7 Å². The van der Waals surface area contributed by atoms with Gasteiger partial charge in [0.1, 0.15) is 0 Å². The lowest BCUT2D eigenvalue weighted by molar-refractivity contribution is -0.143. The number of rotatable bonds is 5. The van der Waals surface area contributed by atoms with Crippen molar-refractivity contribution in [1.82, 2.24) is 4.98 Å². The van der Waals surface area contributed by atoms with Gasteiger partial charge in [-0.25, -0.2) is 0 Å². The van der Waals surface area contributed by atoms with Crippen LogP contribution in [0.5, 0.6) is 0 Å². The van der Waals surface area contributed by atoms with Crippen LogP contribution in [-0.4, -0.2) is 17.6 Å². The Morgan fingerprint density at radius 1 is 1.17 bits per heavy atom. The molecule has 3 aromatic rings. The third-order valence-electron chi connectivity index (χ3n) is 4.09. The molecule has 0 spiro atoms. The quantitative estimate of drug-likeness (QED) is 0.640. The number of nitrogens with one attached hydrogen (secondary N) is 1. The largest absolute Gasteiger partial charge is 0.466 e. The summed E-state index contributed by atoms with van der Waals surface area (Å²) in [6.07, 6.45) is 0.967. The summed E-state index contributed by atoms with van der Waals surface area (Å²) < 4.78 is 5.06. The van der Waals surface area contributed by atoms with E-state index < -0.39 is 0 Å². The van der Waals surface area contributed by atoms with Crippen molar-refractivity contribution in [2.75, 3.05) is 6.61 Å². The van der Waals surface area contributed by atoms with Gasteiger partial charge in [0.05, 0.1) is 6.61 Å². The smallest absolute Gasteiger partial charge is 0.306 e. The first-order valence-electron chi connectivity index (χ1n) is 8.11. The van der Waals surface area contributed by atoms with Gasteiger partial charge >= 0.3 is 5.97 Å². The highest BCUT2D eigenvalue weighted by molar-refractivity contribution is 6.31. The molecule has 1 N–H and O–H groups in total. The Morgan fingerprint density at radius 2 is 1.92 bits per heavy atom. The highest BCUT2D eigenvalue weighted by atomic mass is 35.5. The van der Waals surface area contributed by atoms with Crippen molar-refractivity contribution in [1.29, 1.82) is 0 Å². The molecule has 3 rings (SSSR count). The van der Waals surface area contributed by atoms with Crippen molar-refractivity contribution in [2.24, 2.45) is 0 Å². The van der Waals surface area contributed by atoms with Gasteiger partial charge in [-0.05, 0) is 49.6 Å². The van der Waals surface area contributed by atoms with Crippen molar-refractivity contribution < 1.29 is 9.53 Å². The molecule has 124 valence electrons. The van der Waals surface area contributed by atoms with Gasteiger partial charge in [0.25, 0.3) is 0 Å². The molecule has 0 saturated carbocycles. The van der Waals surface area contributed by atoms with Crippen LogP contribution in [0, 0.1) is 6.92 Å². The second kappa shape index (κ2) is 7.10. The number of esters is 1. The van der Waals surface area contributed by atoms with Crippen molar-refractivity contribution in [3.8, 4) is 11.3 Å². The molecular formula is C20H20ClNO2. The summed E-state index contributed by atoms with van der Waals surface area (Å²) in [6, 6.07) is 14.2. The topological polar surface area (TPSA) is 42.1 Å². The average molecular weight is 342 g/mol. The van der Waals surface area contributed by atoms with E-state index in [1.165, 1.54) is 5.56 Å². The standard InChI is InChI=1S/C20H20ClNO2/c1-3-24-19(23)11-9-16-17-12-15(21)8-10-18(17)22-20(16)14-6-4-13(2)5-7-14/h4-8,10,12,22H,3,9,11H2,1-2H3. The number of benzene rings is 2. The predicted molar refractivity (Wildman–Crippen MR) is 98.4 cm³/mol. The number of aromatic nitrogens is 1. The summed E-state index contributed by atoms with van der Waals surface area (Å²) in [5, 5.41) is 1.75. The summed E-state index contributed by atoms with van der Waals surface area (Å²) in [5.74, 6) is -0.177. The molecule has 1 aromatic heterocycles. The zero-order chi connectivity index (χ0) is 17.1. The van der Waals surface area contributed by atoms with Crippen LogP contribution in [0.2, 0.25) is 5.02 Å². The average Bonchev–Trinajstić information content (AvgIpc) is 2.91. The number of H-pyrrole nitrogens is 1. The van der Waals surface area contributed by atoms with E-state index in [4.69, 9.17) is 16.3 Å². The summed E-state index contributed by atoms with van der Waals surface area (Å²) in [4.78, 5) is 15.2. The monoisotopic (exact) mass is 341 g/mol. The molecule has 0 radical (unpaired) electrons. The van der Waals surface area contributed by atoms with E-state index in [1.807, 2.05) is 25.1 Å². The van der Waals surface area contributed by atoms with E-state index in [0.717, 1.165) is 27.7 Å². The van der Waals surface area contributed by atoms with Crippen LogP contribution in [0.25, 0.3) is 22.2 Å². The maximum atomic E-state index is 11.8. The first kappa shape index (κ1) is 16.6. The maximum absolute atomic E-state index is 11.8. The minimum Gasteiger partial charge on any atom is -0.466 e. The molecule has 0 unspecified atom stereocenters. The second-order valence-electron chi connectivity index (χ2n) is 5.84. The Labute approximate surface area is 146 Å². The highest BCUT2D eigenvalue weighted by Crippen LogP contribution is 2.33. The fourth-order valence-electron chi connectivity index (χ4n) is 2.91. The number of hydrogen-bond donors (Lipinski definition) is 1. The molecule has 0 amide bonds. The Morgan fingerprint density at radius 3 is 2.62 bits per heavy atom. The van der Waals surface area contributed by atoms with Crippen LogP contribution in [0.1, 0.15) is 24.5 Å². The van der Waals surface area contributed by atoms with Gasteiger partial charge in [-0.15, -0.1) is 0 Å².